The summed E-state index contributed by atoms with van der Waals surface area (Å²) in [7, 11) is 0. The molecular weight excluding hydrogens is 244 g/mol. The van der Waals surface area contributed by atoms with E-state index < -0.39 is 5.92 Å². The maximum absolute atomic E-state index is 11.8. The molecule has 98 valence electrons. The summed E-state index contributed by atoms with van der Waals surface area (Å²) in [6.07, 6.45) is 0.409. The van der Waals surface area contributed by atoms with Crippen LogP contribution in [0.4, 0.5) is 0 Å². The molecule has 1 aromatic carbocycles. The Hall–Kier alpha value is -2.01. The minimum atomic E-state index is -0.418. The molecule has 2 aromatic rings. The molecule has 5 heteroatoms. The standard InChI is InChI=1S/C14H14N2O3/c1-9-4-2-3-5-10(9)13-15-14(19-16-13)11-8-18-7-6-12(11)17/h2-5,11H,6-8H2,1H3. The molecule has 1 fully saturated rings. The molecular formula is C14H14N2O3. The number of benzene rings is 1. The van der Waals surface area contributed by atoms with Crippen LogP contribution in [0.2, 0.25) is 0 Å². The molecule has 1 aliphatic rings. The number of ether oxygens (including phenoxy) is 1. The monoisotopic (exact) mass is 258 g/mol. The van der Waals surface area contributed by atoms with Gasteiger partial charge in [0.1, 0.15) is 11.7 Å². The van der Waals surface area contributed by atoms with Crippen LogP contribution in [0, 0.1) is 6.92 Å². The number of aryl methyl sites for hydroxylation is 1. The van der Waals surface area contributed by atoms with Gasteiger partial charge in [-0.2, -0.15) is 4.98 Å². The summed E-state index contributed by atoms with van der Waals surface area (Å²) in [5.41, 5.74) is 1.99. The molecule has 1 aromatic heterocycles. The lowest BCUT2D eigenvalue weighted by atomic mass is 10.0. The Labute approximate surface area is 110 Å². The number of hydrogen-bond acceptors (Lipinski definition) is 5. The normalized spacial score (nSPS) is 19.6. The third-order valence-corrected chi connectivity index (χ3v) is 3.29. The maximum Gasteiger partial charge on any atom is 0.239 e. The summed E-state index contributed by atoms with van der Waals surface area (Å²) < 4.78 is 10.5. The number of nitrogens with zero attached hydrogens (tertiary/aromatic N) is 2. The first-order valence-electron chi connectivity index (χ1n) is 6.26. The van der Waals surface area contributed by atoms with Gasteiger partial charge in [0, 0.05) is 12.0 Å². The van der Waals surface area contributed by atoms with Crippen molar-refractivity contribution >= 4 is 5.78 Å². The van der Waals surface area contributed by atoms with Crippen molar-refractivity contribution in [3.05, 3.63) is 35.7 Å². The van der Waals surface area contributed by atoms with Crippen molar-refractivity contribution in [2.75, 3.05) is 13.2 Å². The molecule has 0 N–H and O–H groups in total. The van der Waals surface area contributed by atoms with E-state index in [2.05, 4.69) is 10.1 Å². The van der Waals surface area contributed by atoms with E-state index in [1.807, 2.05) is 31.2 Å². The maximum atomic E-state index is 11.8. The first-order chi connectivity index (χ1) is 9.25. The van der Waals surface area contributed by atoms with Crippen LogP contribution >= 0.6 is 0 Å². The Morgan fingerprint density at radius 2 is 2.16 bits per heavy atom. The molecule has 1 aliphatic heterocycles. The molecule has 0 saturated carbocycles. The van der Waals surface area contributed by atoms with Crippen LogP contribution < -0.4 is 0 Å². The minimum Gasteiger partial charge on any atom is -0.380 e. The van der Waals surface area contributed by atoms with E-state index >= 15 is 0 Å². The van der Waals surface area contributed by atoms with Crippen LogP contribution in [-0.4, -0.2) is 29.1 Å². The molecule has 2 heterocycles. The van der Waals surface area contributed by atoms with Crippen molar-refractivity contribution in [1.82, 2.24) is 10.1 Å². The first-order valence-corrected chi connectivity index (χ1v) is 6.26. The molecule has 1 unspecified atom stereocenters. The summed E-state index contributed by atoms with van der Waals surface area (Å²) in [4.78, 5) is 16.1. The predicted molar refractivity (Wildman–Crippen MR) is 67.7 cm³/mol. The second-order valence-corrected chi connectivity index (χ2v) is 4.61. The van der Waals surface area contributed by atoms with Crippen LogP contribution in [0.3, 0.4) is 0 Å². The van der Waals surface area contributed by atoms with Gasteiger partial charge < -0.3 is 9.26 Å². The van der Waals surface area contributed by atoms with Gasteiger partial charge in [-0.1, -0.05) is 29.4 Å². The van der Waals surface area contributed by atoms with Crippen molar-refractivity contribution in [3.8, 4) is 11.4 Å². The van der Waals surface area contributed by atoms with Gasteiger partial charge in [0.05, 0.1) is 13.2 Å². The van der Waals surface area contributed by atoms with E-state index in [-0.39, 0.29) is 5.78 Å². The molecule has 0 radical (unpaired) electrons. The smallest absolute Gasteiger partial charge is 0.239 e. The number of carbonyl (C=O) groups is 1. The van der Waals surface area contributed by atoms with Crippen LogP contribution in [0.25, 0.3) is 11.4 Å². The van der Waals surface area contributed by atoms with Gasteiger partial charge in [0.2, 0.25) is 11.7 Å². The fourth-order valence-corrected chi connectivity index (χ4v) is 2.16. The van der Waals surface area contributed by atoms with Crippen molar-refractivity contribution in [1.29, 1.82) is 0 Å². The van der Waals surface area contributed by atoms with E-state index in [0.29, 0.717) is 31.3 Å². The van der Waals surface area contributed by atoms with Gasteiger partial charge in [-0.3, -0.25) is 4.79 Å². The number of aromatic nitrogens is 2. The number of Topliss-reactive ketones (excluding diaryl/α,β-unsaturated/α-hetero) is 1. The number of carbonyl (C=O) groups excluding carboxylic acids is 1. The summed E-state index contributed by atoms with van der Waals surface area (Å²) in [5, 5.41) is 3.96. The molecule has 1 atom stereocenters. The van der Waals surface area contributed by atoms with Crippen LogP contribution in [-0.2, 0) is 9.53 Å². The Morgan fingerprint density at radius 3 is 2.95 bits per heavy atom. The third kappa shape index (κ3) is 2.29. The number of hydrogen-bond donors (Lipinski definition) is 0. The zero-order chi connectivity index (χ0) is 13.2. The van der Waals surface area contributed by atoms with Gasteiger partial charge in [-0.05, 0) is 12.5 Å². The van der Waals surface area contributed by atoms with Gasteiger partial charge in [-0.25, -0.2) is 0 Å². The molecule has 0 spiro atoms. The minimum absolute atomic E-state index is 0.103. The zero-order valence-electron chi connectivity index (χ0n) is 10.6. The molecule has 3 rings (SSSR count). The summed E-state index contributed by atoms with van der Waals surface area (Å²) in [5.74, 6) is 0.555. The largest absolute Gasteiger partial charge is 0.380 e. The van der Waals surface area contributed by atoms with E-state index in [9.17, 15) is 4.79 Å². The summed E-state index contributed by atoms with van der Waals surface area (Å²) in [6.45, 7) is 2.79. The van der Waals surface area contributed by atoms with Crippen molar-refractivity contribution in [3.63, 3.8) is 0 Å². The number of ketones is 1. The quantitative estimate of drug-likeness (QED) is 0.825. The Morgan fingerprint density at radius 1 is 1.32 bits per heavy atom. The summed E-state index contributed by atoms with van der Waals surface area (Å²) in [6, 6.07) is 7.80. The van der Waals surface area contributed by atoms with Gasteiger partial charge in [0.15, 0.2) is 0 Å². The fourth-order valence-electron chi connectivity index (χ4n) is 2.16. The first kappa shape index (κ1) is 12.0. The van der Waals surface area contributed by atoms with E-state index in [4.69, 9.17) is 9.26 Å². The Kier molecular flexibility index (Phi) is 3.13. The van der Waals surface area contributed by atoms with Gasteiger partial charge in [-0.15, -0.1) is 0 Å². The highest BCUT2D eigenvalue weighted by Crippen LogP contribution is 2.25. The highest BCUT2D eigenvalue weighted by molar-refractivity contribution is 5.85. The molecule has 5 nitrogen and oxygen atoms in total. The Balaban J connectivity index is 1.91. The van der Waals surface area contributed by atoms with Crippen LogP contribution in [0.15, 0.2) is 28.8 Å². The highest BCUT2D eigenvalue weighted by atomic mass is 16.5. The zero-order valence-corrected chi connectivity index (χ0v) is 10.6. The molecule has 0 amide bonds. The van der Waals surface area contributed by atoms with Crippen molar-refractivity contribution in [2.45, 2.75) is 19.3 Å². The van der Waals surface area contributed by atoms with E-state index in [1.54, 1.807) is 0 Å². The lowest BCUT2D eigenvalue weighted by molar-refractivity contribution is -0.127. The molecule has 19 heavy (non-hydrogen) atoms. The second kappa shape index (κ2) is 4.93. The average molecular weight is 258 g/mol. The van der Waals surface area contributed by atoms with Gasteiger partial charge >= 0.3 is 0 Å². The summed E-state index contributed by atoms with van der Waals surface area (Å²) >= 11 is 0. The molecule has 0 aliphatic carbocycles. The lowest BCUT2D eigenvalue weighted by Gasteiger charge is -2.17. The topological polar surface area (TPSA) is 65.2 Å². The molecule has 0 bridgehead atoms. The SMILES string of the molecule is Cc1ccccc1-c1noc(C2COCCC2=O)n1. The lowest BCUT2D eigenvalue weighted by Crippen LogP contribution is -2.25. The average Bonchev–Trinajstić information content (AvgIpc) is 2.89. The second-order valence-electron chi connectivity index (χ2n) is 4.61. The highest BCUT2D eigenvalue weighted by Gasteiger charge is 2.30. The third-order valence-electron chi connectivity index (χ3n) is 3.29. The van der Waals surface area contributed by atoms with Crippen molar-refractivity contribution < 1.29 is 14.1 Å². The van der Waals surface area contributed by atoms with E-state index in [1.165, 1.54) is 0 Å². The predicted octanol–water partition coefficient (Wildman–Crippen LogP) is 2.12. The van der Waals surface area contributed by atoms with Crippen molar-refractivity contribution in [2.24, 2.45) is 0 Å². The van der Waals surface area contributed by atoms with Crippen LogP contribution in [0.1, 0.15) is 23.8 Å². The van der Waals surface area contributed by atoms with Gasteiger partial charge in [0.25, 0.3) is 0 Å². The fraction of sp³-hybridized carbons (Fsp3) is 0.357. The number of rotatable bonds is 2. The molecule has 1 saturated heterocycles. The van der Waals surface area contributed by atoms with Crippen LogP contribution in [0.5, 0.6) is 0 Å². The Bertz CT molecular complexity index is 606. The van der Waals surface area contributed by atoms with E-state index in [0.717, 1.165) is 11.1 Å².